The van der Waals surface area contributed by atoms with Gasteiger partial charge in [-0.2, -0.15) is 0 Å². The third-order valence-electron chi connectivity index (χ3n) is 5.56. The number of nitrogens with one attached hydrogen (secondary N) is 2. The molecule has 0 spiro atoms. The number of aryl methyl sites for hydroxylation is 2. The van der Waals surface area contributed by atoms with E-state index < -0.39 is 28.4 Å². The summed E-state index contributed by atoms with van der Waals surface area (Å²) in [5.41, 5.74) is 2.04. The first-order valence-corrected chi connectivity index (χ1v) is 11.2. The van der Waals surface area contributed by atoms with E-state index in [-0.39, 0.29) is 28.2 Å². The Morgan fingerprint density at radius 2 is 1.72 bits per heavy atom. The maximum atomic E-state index is 14.4. The number of anilines is 3. The van der Waals surface area contributed by atoms with Gasteiger partial charge in [0, 0.05) is 18.5 Å². The summed E-state index contributed by atoms with van der Waals surface area (Å²) in [6.45, 7) is 3.40. The molecule has 0 radical (unpaired) electrons. The Hall–Kier alpha value is -3.07. The molecule has 32 heavy (non-hydrogen) atoms. The number of rotatable bonds is 6. The van der Waals surface area contributed by atoms with E-state index in [2.05, 4.69) is 10.0 Å². The van der Waals surface area contributed by atoms with Crippen LogP contribution in [0.5, 0.6) is 0 Å². The first-order chi connectivity index (χ1) is 15.2. The molecule has 168 valence electrons. The predicted molar refractivity (Wildman–Crippen MR) is 120 cm³/mol. The highest BCUT2D eigenvalue weighted by molar-refractivity contribution is 7.87. The van der Waals surface area contributed by atoms with Gasteiger partial charge in [-0.05, 0) is 61.7 Å². The number of hydrogen-bond acceptors (Lipinski definition) is 3. The molecule has 1 fully saturated rings. The lowest BCUT2D eigenvalue weighted by atomic mass is 10.1. The van der Waals surface area contributed by atoms with Crippen LogP contribution in [-0.4, -0.2) is 14.0 Å². The van der Waals surface area contributed by atoms with Crippen LogP contribution in [-0.2, 0) is 18.0 Å². The SMILES string of the molecule is Cc1ccc(Nc2c(NS(=O)C3CC3c3ccc(F)c(F)c3)cc(C)c(=O)n2C)c(F)c1. The molecule has 0 saturated heterocycles. The summed E-state index contributed by atoms with van der Waals surface area (Å²) in [6.07, 6.45) is 0.546. The molecule has 0 bridgehead atoms. The minimum atomic E-state index is -1.57. The molecule has 5 nitrogen and oxygen atoms in total. The topological polar surface area (TPSA) is 63.1 Å². The third kappa shape index (κ3) is 4.29. The Morgan fingerprint density at radius 1 is 0.969 bits per heavy atom. The summed E-state index contributed by atoms with van der Waals surface area (Å²) in [5, 5.41) is 2.62. The van der Waals surface area contributed by atoms with Crippen LogP contribution in [0.3, 0.4) is 0 Å². The first-order valence-electron chi connectivity index (χ1n) is 10.0. The second-order valence-corrected chi connectivity index (χ2v) is 9.42. The Bertz CT molecular complexity index is 1290. The minimum absolute atomic E-state index is 0.169. The predicted octanol–water partition coefficient (Wildman–Crippen LogP) is 4.79. The van der Waals surface area contributed by atoms with Crippen LogP contribution in [0.2, 0.25) is 0 Å². The van der Waals surface area contributed by atoms with Crippen LogP contribution in [0, 0.1) is 31.3 Å². The Kier molecular flexibility index (Phi) is 5.85. The van der Waals surface area contributed by atoms with Crippen molar-refractivity contribution < 1.29 is 17.4 Å². The van der Waals surface area contributed by atoms with E-state index in [4.69, 9.17) is 0 Å². The maximum absolute atomic E-state index is 14.4. The molecule has 0 aliphatic heterocycles. The third-order valence-corrected chi connectivity index (χ3v) is 7.05. The van der Waals surface area contributed by atoms with Gasteiger partial charge in [-0.1, -0.05) is 12.1 Å². The van der Waals surface area contributed by atoms with Crippen LogP contribution >= 0.6 is 0 Å². The van der Waals surface area contributed by atoms with Crippen molar-refractivity contribution in [2.24, 2.45) is 7.05 Å². The fourth-order valence-corrected chi connectivity index (χ4v) is 5.02. The number of nitrogens with zero attached hydrogens (tertiary/aromatic N) is 1. The zero-order valence-corrected chi connectivity index (χ0v) is 18.5. The quantitative estimate of drug-likeness (QED) is 0.555. The van der Waals surface area contributed by atoms with Gasteiger partial charge < -0.3 is 10.0 Å². The Morgan fingerprint density at radius 3 is 2.41 bits per heavy atom. The van der Waals surface area contributed by atoms with Gasteiger partial charge in [-0.15, -0.1) is 0 Å². The monoisotopic (exact) mass is 461 g/mol. The summed E-state index contributed by atoms with van der Waals surface area (Å²) < 4.78 is 58.4. The molecule has 0 amide bonds. The number of halogens is 3. The summed E-state index contributed by atoms with van der Waals surface area (Å²) in [5.74, 6) is -2.25. The number of benzene rings is 2. The normalized spacial score (nSPS) is 18.3. The summed E-state index contributed by atoms with van der Waals surface area (Å²) in [4.78, 5) is 12.5. The Labute approximate surface area is 185 Å². The van der Waals surface area contributed by atoms with Gasteiger partial charge in [0.2, 0.25) is 0 Å². The van der Waals surface area contributed by atoms with Crippen molar-refractivity contribution >= 4 is 28.2 Å². The fourth-order valence-electron chi connectivity index (χ4n) is 3.66. The largest absolute Gasteiger partial charge is 0.337 e. The molecule has 1 heterocycles. The van der Waals surface area contributed by atoms with Crippen LogP contribution in [0.4, 0.5) is 30.4 Å². The molecular formula is C23H22F3N3O2S. The van der Waals surface area contributed by atoms with Crippen LogP contribution in [0.15, 0.2) is 47.3 Å². The molecule has 1 aliphatic carbocycles. The summed E-state index contributed by atoms with van der Waals surface area (Å²) >= 11 is 0. The molecule has 3 unspecified atom stereocenters. The van der Waals surface area contributed by atoms with E-state index >= 15 is 0 Å². The van der Waals surface area contributed by atoms with Gasteiger partial charge in [0.05, 0.1) is 16.6 Å². The van der Waals surface area contributed by atoms with Crippen molar-refractivity contribution in [3.8, 4) is 0 Å². The highest BCUT2D eigenvalue weighted by Gasteiger charge is 2.44. The van der Waals surface area contributed by atoms with Gasteiger partial charge in [0.15, 0.2) is 11.6 Å². The highest BCUT2D eigenvalue weighted by atomic mass is 32.2. The molecule has 2 N–H and O–H groups in total. The molecule has 2 aromatic carbocycles. The van der Waals surface area contributed by atoms with Gasteiger partial charge in [0.25, 0.3) is 5.56 Å². The lowest BCUT2D eigenvalue weighted by Crippen LogP contribution is -2.24. The van der Waals surface area contributed by atoms with E-state index in [0.29, 0.717) is 23.2 Å². The van der Waals surface area contributed by atoms with Crippen molar-refractivity contribution in [1.82, 2.24) is 4.57 Å². The van der Waals surface area contributed by atoms with Crippen molar-refractivity contribution in [2.75, 3.05) is 10.0 Å². The average Bonchev–Trinajstić information content (AvgIpc) is 3.54. The van der Waals surface area contributed by atoms with Crippen molar-refractivity contribution in [2.45, 2.75) is 31.4 Å². The second-order valence-electron chi connectivity index (χ2n) is 8.02. The average molecular weight is 462 g/mol. The van der Waals surface area contributed by atoms with Crippen molar-refractivity contribution in [3.05, 3.63) is 87.0 Å². The minimum Gasteiger partial charge on any atom is -0.337 e. The van der Waals surface area contributed by atoms with Gasteiger partial charge in [-0.25, -0.2) is 17.4 Å². The molecule has 1 aliphatic rings. The van der Waals surface area contributed by atoms with Gasteiger partial charge >= 0.3 is 0 Å². The van der Waals surface area contributed by atoms with E-state index in [1.807, 2.05) is 0 Å². The van der Waals surface area contributed by atoms with Gasteiger partial charge in [0.1, 0.15) is 22.6 Å². The van der Waals surface area contributed by atoms with E-state index in [9.17, 15) is 22.2 Å². The summed E-state index contributed by atoms with van der Waals surface area (Å²) in [7, 11) is -0.0291. The van der Waals surface area contributed by atoms with Crippen LogP contribution in [0.25, 0.3) is 0 Å². The van der Waals surface area contributed by atoms with Gasteiger partial charge in [-0.3, -0.25) is 9.36 Å². The lowest BCUT2D eigenvalue weighted by molar-refractivity contribution is 0.507. The number of pyridine rings is 1. The number of aromatic nitrogens is 1. The smallest absolute Gasteiger partial charge is 0.254 e. The maximum Gasteiger partial charge on any atom is 0.254 e. The van der Waals surface area contributed by atoms with E-state index in [1.165, 1.54) is 16.7 Å². The molecule has 4 rings (SSSR count). The first kappa shape index (κ1) is 22.1. The fraction of sp³-hybridized carbons (Fsp3) is 0.261. The molecule has 1 saturated carbocycles. The standard InChI is InChI=1S/C23H22F3N3O2S/c1-12-4-7-19(18(26)8-12)27-22-20(9-13(2)23(30)29(22)3)28-32(31)21-11-15(21)14-5-6-16(24)17(25)10-14/h4-10,15,21,27-28H,11H2,1-3H3. The highest BCUT2D eigenvalue weighted by Crippen LogP contribution is 2.45. The van der Waals surface area contributed by atoms with Crippen LogP contribution in [0.1, 0.15) is 29.0 Å². The summed E-state index contributed by atoms with van der Waals surface area (Å²) in [6, 6.07) is 9.91. The molecule has 3 aromatic rings. The van der Waals surface area contributed by atoms with Crippen LogP contribution < -0.4 is 15.6 Å². The number of hydrogen-bond donors (Lipinski definition) is 2. The Balaban J connectivity index is 1.60. The lowest BCUT2D eigenvalue weighted by Gasteiger charge is -2.18. The molecule has 1 aromatic heterocycles. The molecule has 9 heteroatoms. The zero-order valence-electron chi connectivity index (χ0n) is 17.7. The van der Waals surface area contributed by atoms with Crippen molar-refractivity contribution in [3.63, 3.8) is 0 Å². The van der Waals surface area contributed by atoms with E-state index in [1.54, 1.807) is 39.1 Å². The van der Waals surface area contributed by atoms with E-state index in [0.717, 1.165) is 17.7 Å². The second kappa shape index (κ2) is 8.46. The molecule has 3 atom stereocenters. The zero-order chi connectivity index (χ0) is 23.2. The van der Waals surface area contributed by atoms with Crippen molar-refractivity contribution in [1.29, 1.82) is 0 Å². The molecular weight excluding hydrogens is 439 g/mol.